The van der Waals surface area contributed by atoms with Crippen LogP contribution >= 0.6 is 11.3 Å². The lowest BCUT2D eigenvalue weighted by atomic mass is 9.67. The van der Waals surface area contributed by atoms with Gasteiger partial charge in [-0.2, -0.15) is 0 Å². The summed E-state index contributed by atoms with van der Waals surface area (Å²) < 4.78 is 7.58. The van der Waals surface area contributed by atoms with Crippen LogP contribution in [0.2, 0.25) is 0 Å². The summed E-state index contributed by atoms with van der Waals surface area (Å²) in [7, 11) is 1.60. The van der Waals surface area contributed by atoms with Crippen LogP contribution < -0.4 is 4.74 Å². The normalized spacial score (nSPS) is 17.7. The molecule has 1 N–H and O–H groups in total. The van der Waals surface area contributed by atoms with E-state index in [4.69, 9.17) is 4.74 Å². The number of fused-ring (bicyclic) bond motifs is 3. The molecule has 0 unspecified atom stereocenters. The molecule has 0 saturated carbocycles. The predicted molar refractivity (Wildman–Crippen MR) is 107 cm³/mol. The molecule has 0 spiro atoms. The Balaban J connectivity index is 2.10. The van der Waals surface area contributed by atoms with Crippen molar-refractivity contribution < 1.29 is 14.6 Å². The van der Waals surface area contributed by atoms with Crippen molar-refractivity contribution in [2.75, 3.05) is 7.11 Å². The number of carboxylic acid groups (broad SMARTS) is 1. The van der Waals surface area contributed by atoms with Gasteiger partial charge < -0.3 is 9.84 Å². The first-order chi connectivity index (χ1) is 12.6. The number of aromatic carboxylic acids is 1. The monoisotopic (exact) mass is 384 g/mol. The minimum absolute atomic E-state index is 0.0316. The number of hydrogen-bond donors (Lipinski definition) is 1. The fourth-order valence-corrected chi connectivity index (χ4v) is 5.93. The van der Waals surface area contributed by atoms with E-state index in [0.717, 1.165) is 23.4 Å². The maximum Gasteiger partial charge on any atom is 0.356 e. The molecular weight excluding hydrogens is 360 g/mol. The van der Waals surface area contributed by atoms with Crippen LogP contribution in [0.5, 0.6) is 5.75 Å². The fraction of sp³-hybridized carbons (Fsp3) is 0.429. The second-order valence-corrected chi connectivity index (χ2v) is 9.69. The molecule has 0 bridgehead atoms. The van der Waals surface area contributed by atoms with Crippen LogP contribution in [0.4, 0.5) is 0 Å². The average molecular weight is 385 g/mol. The number of benzene rings is 1. The minimum Gasteiger partial charge on any atom is -0.496 e. The number of nitrogens with zero attached hydrogens (tertiary/aromatic N) is 2. The molecule has 27 heavy (non-hydrogen) atoms. The maximum atomic E-state index is 12.0. The molecule has 5 nitrogen and oxygen atoms in total. The van der Waals surface area contributed by atoms with Crippen molar-refractivity contribution in [2.24, 2.45) is 5.41 Å². The minimum atomic E-state index is -1.02. The van der Waals surface area contributed by atoms with Crippen molar-refractivity contribution >= 4 is 22.3 Å². The Morgan fingerprint density at radius 1 is 1.26 bits per heavy atom. The number of para-hydroxylation sites is 1. The molecule has 2 aromatic heterocycles. The molecule has 0 fully saturated rings. The van der Waals surface area contributed by atoms with E-state index in [1.54, 1.807) is 18.4 Å². The summed E-state index contributed by atoms with van der Waals surface area (Å²) in [6.07, 6.45) is 1.98. The summed E-state index contributed by atoms with van der Waals surface area (Å²) in [4.78, 5) is 18.5. The molecule has 0 atom stereocenters. The van der Waals surface area contributed by atoms with Crippen molar-refractivity contribution in [3.8, 4) is 17.0 Å². The lowest BCUT2D eigenvalue weighted by Crippen LogP contribution is -2.34. The van der Waals surface area contributed by atoms with Crippen molar-refractivity contribution in [3.63, 3.8) is 0 Å². The molecule has 2 heterocycles. The Bertz CT molecular complexity index is 1060. The molecule has 0 saturated heterocycles. The van der Waals surface area contributed by atoms with E-state index in [2.05, 4.69) is 37.1 Å². The van der Waals surface area contributed by atoms with Gasteiger partial charge in [0.1, 0.15) is 5.75 Å². The van der Waals surface area contributed by atoms with Crippen molar-refractivity contribution in [1.29, 1.82) is 0 Å². The molecule has 0 radical (unpaired) electrons. The molecule has 142 valence electrons. The molecule has 1 aliphatic rings. The van der Waals surface area contributed by atoms with Gasteiger partial charge in [-0.1, -0.05) is 39.8 Å². The van der Waals surface area contributed by atoms with E-state index >= 15 is 0 Å². The van der Waals surface area contributed by atoms with E-state index in [1.165, 1.54) is 10.6 Å². The van der Waals surface area contributed by atoms with E-state index in [0.29, 0.717) is 11.4 Å². The zero-order valence-electron chi connectivity index (χ0n) is 16.3. The van der Waals surface area contributed by atoms with Crippen molar-refractivity contribution in [2.45, 2.75) is 46.0 Å². The van der Waals surface area contributed by atoms with Gasteiger partial charge in [-0.15, -0.1) is 11.3 Å². The van der Waals surface area contributed by atoms with Gasteiger partial charge in [-0.3, -0.25) is 4.40 Å². The number of hydrogen-bond acceptors (Lipinski definition) is 4. The highest BCUT2D eigenvalue weighted by Gasteiger charge is 2.41. The molecular formula is C21H24N2O3S. The van der Waals surface area contributed by atoms with E-state index < -0.39 is 5.97 Å². The van der Waals surface area contributed by atoms with Gasteiger partial charge in [0.25, 0.3) is 0 Å². The van der Waals surface area contributed by atoms with Gasteiger partial charge in [-0.25, -0.2) is 9.78 Å². The number of carboxylic acids is 1. The SMILES string of the molecule is COc1ccccc1-c1c(C(=O)O)nc2sc3c(n12)CC(C)(C)CC3(C)C. The smallest absolute Gasteiger partial charge is 0.356 e. The number of carbonyl (C=O) groups is 1. The average Bonchev–Trinajstić information content (AvgIpc) is 3.10. The van der Waals surface area contributed by atoms with E-state index in [9.17, 15) is 9.90 Å². The fourth-order valence-electron chi connectivity index (χ4n) is 4.69. The summed E-state index contributed by atoms with van der Waals surface area (Å²) in [5.74, 6) is -0.369. The molecule has 1 aromatic carbocycles. The highest BCUT2D eigenvalue weighted by molar-refractivity contribution is 7.17. The molecule has 4 rings (SSSR count). The van der Waals surface area contributed by atoms with Gasteiger partial charge in [0.05, 0.1) is 12.8 Å². The number of thiazole rings is 1. The van der Waals surface area contributed by atoms with Gasteiger partial charge in [0.2, 0.25) is 0 Å². The number of methoxy groups -OCH3 is 1. The second kappa shape index (κ2) is 5.83. The standard InChI is InChI=1S/C21H24N2O3S/c1-20(2)10-13-17(21(3,4)11-20)27-19-22-15(18(24)25)16(23(13)19)12-8-6-7-9-14(12)26-5/h6-9H,10-11H2,1-5H3,(H,24,25). The Kier molecular flexibility index (Phi) is 3.89. The Hall–Kier alpha value is -2.34. The van der Waals surface area contributed by atoms with Crippen molar-refractivity contribution in [3.05, 3.63) is 40.5 Å². The molecule has 6 heteroatoms. The Morgan fingerprint density at radius 2 is 1.96 bits per heavy atom. The first kappa shape index (κ1) is 18.0. The van der Waals surface area contributed by atoms with E-state index in [1.807, 2.05) is 24.3 Å². The summed E-state index contributed by atoms with van der Waals surface area (Å²) in [6, 6.07) is 7.54. The van der Waals surface area contributed by atoms with Crippen LogP contribution in [-0.2, 0) is 11.8 Å². The number of ether oxygens (including phenoxy) is 1. The van der Waals surface area contributed by atoms with E-state index in [-0.39, 0.29) is 16.5 Å². The predicted octanol–water partition coefficient (Wildman–Crippen LogP) is 5.02. The number of aromatic nitrogens is 2. The third-order valence-corrected chi connectivity index (χ3v) is 6.77. The summed E-state index contributed by atoms with van der Waals surface area (Å²) in [5, 5.41) is 9.81. The highest BCUT2D eigenvalue weighted by atomic mass is 32.1. The zero-order chi connectivity index (χ0) is 19.6. The van der Waals surface area contributed by atoms with Crippen LogP contribution in [0.1, 0.15) is 55.2 Å². The third kappa shape index (κ3) is 2.74. The summed E-state index contributed by atoms with van der Waals surface area (Å²) in [6.45, 7) is 9.09. The summed E-state index contributed by atoms with van der Waals surface area (Å²) in [5.41, 5.74) is 2.79. The van der Waals surface area contributed by atoms with Gasteiger partial charge in [0.15, 0.2) is 10.7 Å². The largest absolute Gasteiger partial charge is 0.496 e. The second-order valence-electron chi connectivity index (χ2n) is 8.71. The molecule has 1 aliphatic carbocycles. The lowest BCUT2D eigenvalue weighted by Gasteiger charge is -2.40. The molecule has 0 aliphatic heterocycles. The zero-order valence-corrected chi connectivity index (χ0v) is 17.1. The first-order valence-electron chi connectivity index (χ1n) is 9.06. The first-order valence-corrected chi connectivity index (χ1v) is 9.87. The van der Waals surface area contributed by atoms with Crippen LogP contribution in [0.3, 0.4) is 0 Å². The van der Waals surface area contributed by atoms with Crippen LogP contribution in [0, 0.1) is 5.41 Å². The van der Waals surface area contributed by atoms with Crippen LogP contribution in [-0.4, -0.2) is 27.6 Å². The topological polar surface area (TPSA) is 63.8 Å². The molecule has 0 amide bonds. The Morgan fingerprint density at radius 3 is 2.63 bits per heavy atom. The van der Waals surface area contributed by atoms with Crippen molar-refractivity contribution in [1.82, 2.24) is 9.38 Å². The Labute approximate surface area is 162 Å². The third-order valence-electron chi connectivity index (χ3n) is 5.32. The highest BCUT2D eigenvalue weighted by Crippen LogP contribution is 2.50. The number of imidazole rings is 1. The van der Waals surface area contributed by atoms with Crippen LogP contribution in [0.15, 0.2) is 24.3 Å². The lowest BCUT2D eigenvalue weighted by molar-refractivity contribution is 0.0692. The quantitative estimate of drug-likeness (QED) is 0.689. The number of rotatable bonds is 3. The summed E-state index contributed by atoms with van der Waals surface area (Å²) >= 11 is 1.62. The van der Waals surface area contributed by atoms with Gasteiger partial charge in [0, 0.05) is 21.5 Å². The van der Waals surface area contributed by atoms with Crippen LogP contribution in [0.25, 0.3) is 16.2 Å². The molecule has 3 aromatic rings. The van der Waals surface area contributed by atoms with Gasteiger partial charge in [-0.05, 0) is 30.4 Å². The van der Waals surface area contributed by atoms with Gasteiger partial charge >= 0.3 is 5.97 Å². The maximum absolute atomic E-state index is 12.0.